The molecule has 0 fully saturated rings. The molecule has 0 bridgehead atoms. The molecule has 0 heterocycles. The van der Waals surface area contributed by atoms with Gasteiger partial charge in [0, 0.05) is 26.6 Å². The first kappa shape index (κ1) is 25.7. The first-order valence-corrected chi connectivity index (χ1v) is 11.0. The Morgan fingerprint density at radius 3 is 1.81 bits per heavy atom. The van der Waals surface area contributed by atoms with Crippen molar-refractivity contribution in [1.82, 2.24) is 4.90 Å². The third kappa shape index (κ3) is 16.6. The van der Waals surface area contributed by atoms with Crippen LogP contribution in [0.4, 0.5) is 0 Å². The van der Waals surface area contributed by atoms with Crippen LogP contribution in [0.25, 0.3) is 0 Å². The van der Waals surface area contributed by atoms with Gasteiger partial charge in [0.1, 0.15) is 6.10 Å². The van der Waals surface area contributed by atoms with Crippen LogP contribution >= 0.6 is 0 Å². The molecule has 0 N–H and O–H groups in total. The molecule has 0 saturated carbocycles. The first-order chi connectivity index (χ1) is 13.0. The van der Waals surface area contributed by atoms with E-state index in [0.29, 0.717) is 6.42 Å². The van der Waals surface area contributed by atoms with Crippen molar-refractivity contribution in [2.45, 2.75) is 109 Å². The van der Waals surface area contributed by atoms with Crippen LogP contribution in [0.3, 0.4) is 0 Å². The highest BCUT2D eigenvalue weighted by molar-refractivity contribution is 5.81. The molecule has 0 aromatic rings. The topological polar surface area (TPSA) is 46.6 Å². The van der Waals surface area contributed by atoms with E-state index in [1.807, 2.05) is 14.1 Å². The number of hydrogen-bond donors (Lipinski definition) is 0. The highest BCUT2D eigenvalue weighted by atomic mass is 16.5. The summed E-state index contributed by atoms with van der Waals surface area (Å²) in [5, 5.41) is 0. The van der Waals surface area contributed by atoms with Crippen molar-refractivity contribution in [1.29, 1.82) is 0 Å². The van der Waals surface area contributed by atoms with Gasteiger partial charge in [0.05, 0.1) is 0 Å². The molecule has 0 aromatic heterocycles. The standard InChI is InChI=1S/C23H43NO3/c1-5-7-8-15-18-21(27-23(26)6-2)19-16-13-11-9-10-12-14-17-20-22(25)24(3)4/h6,21H,2,5,7-20H2,1,3-4H3. The van der Waals surface area contributed by atoms with Crippen molar-refractivity contribution in [3.8, 4) is 0 Å². The van der Waals surface area contributed by atoms with Crippen LogP contribution in [-0.2, 0) is 14.3 Å². The lowest BCUT2D eigenvalue weighted by atomic mass is 10.0. The first-order valence-electron chi connectivity index (χ1n) is 11.0. The van der Waals surface area contributed by atoms with E-state index in [0.717, 1.165) is 38.5 Å². The maximum absolute atomic E-state index is 11.5. The average molecular weight is 382 g/mol. The summed E-state index contributed by atoms with van der Waals surface area (Å²) >= 11 is 0. The van der Waals surface area contributed by atoms with Gasteiger partial charge in [0.15, 0.2) is 0 Å². The SMILES string of the molecule is C=CC(=O)OC(CCCCCC)CCCCCCCCCCC(=O)N(C)C. The zero-order valence-corrected chi connectivity index (χ0v) is 18.1. The molecular formula is C23H43NO3. The van der Waals surface area contributed by atoms with Gasteiger partial charge in [0.25, 0.3) is 0 Å². The highest BCUT2D eigenvalue weighted by Crippen LogP contribution is 2.17. The molecule has 4 heteroatoms. The van der Waals surface area contributed by atoms with Crippen LogP contribution in [0.1, 0.15) is 103 Å². The Hall–Kier alpha value is -1.32. The van der Waals surface area contributed by atoms with Gasteiger partial charge in [-0.25, -0.2) is 4.79 Å². The number of rotatable bonds is 18. The number of nitrogens with zero attached hydrogens (tertiary/aromatic N) is 1. The van der Waals surface area contributed by atoms with Gasteiger partial charge in [-0.05, 0) is 32.1 Å². The monoisotopic (exact) mass is 381 g/mol. The van der Waals surface area contributed by atoms with Crippen molar-refractivity contribution >= 4 is 11.9 Å². The van der Waals surface area contributed by atoms with Gasteiger partial charge in [-0.15, -0.1) is 0 Å². The minimum atomic E-state index is -0.289. The number of hydrogen-bond acceptors (Lipinski definition) is 3. The zero-order chi connectivity index (χ0) is 20.3. The van der Waals surface area contributed by atoms with Crippen molar-refractivity contribution < 1.29 is 14.3 Å². The van der Waals surface area contributed by atoms with Gasteiger partial charge >= 0.3 is 5.97 Å². The lowest BCUT2D eigenvalue weighted by molar-refractivity contribution is -0.143. The van der Waals surface area contributed by atoms with Crippen LogP contribution in [0.5, 0.6) is 0 Å². The predicted molar refractivity (Wildman–Crippen MR) is 114 cm³/mol. The Bertz CT molecular complexity index is 393. The lowest BCUT2D eigenvalue weighted by Crippen LogP contribution is -2.20. The van der Waals surface area contributed by atoms with Gasteiger partial charge in [0.2, 0.25) is 5.91 Å². The van der Waals surface area contributed by atoms with E-state index in [-0.39, 0.29) is 18.0 Å². The molecule has 0 aromatic carbocycles. The summed E-state index contributed by atoms with van der Waals surface area (Å²) in [4.78, 5) is 24.6. The molecule has 0 saturated heterocycles. The van der Waals surface area contributed by atoms with Crippen molar-refractivity contribution in [3.63, 3.8) is 0 Å². The summed E-state index contributed by atoms with van der Waals surface area (Å²) in [6, 6.07) is 0. The molecule has 0 rings (SSSR count). The smallest absolute Gasteiger partial charge is 0.330 e. The molecule has 0 aliphatic carbocycles. The van der Waals surface area contributed by atoms with E-state index in [1.54, 1.807) is 4.90 Å². The molecule has 1 atom stereocenters. The van der Waals surface area contributed by atoms with E-state index in [2.05, 4.69) is 13.5 Å². The van der Waals surface area contributed by atoms with E-state index < -0.39 is 0 Å². The number of carbonyl (C=O) groups excluding carboxylic acids is 2. The van der Waals surface area contributed by atoms with Crippen molar-refractivity contribution in [2.24, 2.45) is 0 Å². The molecule has 1 amide bonds. The molecule has 1 unspecified atom stereocenters. The van der Waals surface area contributed by atoms with Crippen molar-refractivity contribution in [2.75, 3.05) is 14.1 Å². The van der Waals surface area contributed by atoms with Crippen LogP contribution in [0.15, 0.2) is 12.7 Å². The molecule has 0 spiro atoms. The Morgan fingerprint density at radius 2 is 1.33 bits per heavy atom. The molecule has 158 valence electrons. The second kappa shape index (κ2) is 18.1. The lowest BCUT2D eigenvalue weighted by Gasteiger charge is -2.17. The maximum atomic E-state index is 11.5. The largest absolute Gasteiger partial charge is 0.459 e. The van der Waals surface area contributed by atoms with E-state index >= 15 is 0 Å². The minimum absolute atomic E-state index is 0.0570. The van der Waals surface area contributed by atoms with Crippen LogP contribution in [0, 0.1) is 0 Å². The van der Waals surface area contributed by atoms with Crippen LogP contribution < -0.4 is 0 Å². The summed E-state index contributed by atoms with van der Waals surface area (Å²) in [5.41, 5.74) is 0. The van der Waals surface area contributed by atoms with Gasteiger partial charge in [-0.3, -0.25) is 4.79 Å². The third-order valence-electron chi connectivity index (χ3n) is 4.99. The molecule has 0 radical (unpaired) electrons. The summed E-state index contributed by atoms with van der Waals surface area (Å²) in [6.45, 7) is 5.70. The summed E-state index contributed by atoms with van der Waals surface area (Å²) in [5.74, 6) is -0.0559. The predicted octanol–water partition coefficient (Wildman–Crippen LogP) is 6.04. The fourth-order valence-corrected chi connectivity index (χ4v) is 3.21. The fraction of sp³-hybridized carbons (Fsp3) is 0.826. The number of esters is 1. The number of amides is 1. The summed E-state index contributed by atoms with van der Waals surface area (Å²) in [6.07, 6.45) is 18.3. The maximum Gasteiger partial charge on any atom is 0.330 e. The molecule has 0 aliphatic heterocycles. The number of ether oxygens (including phenoxy) is 1. The molecule has 4 nitrogen and oxygen atoms in total. The highest BCUT2D eigenvalue weighted by Gasteiger charge is 2.12. The molecule has 0 aliphatic rings. The number of carbonyl (C=O) groups is 2. The zero-order valence-electron chi connectivity index (χ0n) is 18.1. The van der Waals surface area contributed by atoms with E-state index in [9.17, 15) is 9.59 Å². The van der Waals surface area contributed by atoms with Gasteiger partial charge in [-0.2, -0.15) is 0 Å². The third-order valence-corrected chi connectivity index (χ3v) is 4.99. The van der Waals surface area contributed by atoms with Crippen molar-refractivity contribution in [3.05, 3.63) is 12.7 Å². The Morgan fingerprint density at radius 1 is 0.852 bits per heavy atom. The van der Waals surface area contributed by atoms with Crippen LogP contribution in [-0.4, -0.2) is 37.0 Å². The number of unbranched alkanes of at least 4 members (excludes halogenated alkanes) is 10. The quantitative estimate of drug-likeness (QED) is 0.165. The van der Waals surface area contributed by atoms with Crippen LogP contribution in [0.2, 0.25) is 0 Å². The fourth-order valence-electron chi connectivity index (χ4n) is 3.21. The summed E-state index contributed by atoms with van der Waals surface area (Å²) in [7, 11) is 3.63. The van der Waals surface area contributed by atoms with Gasteiger partial charge in [-0.1, -0.05) is 71.3 Å². The average Bonchev–Trinajstić information content (AvgIpc) is 2.65. The normalized spacial score (nSPS) is 11.8. The summed E-state index contributed by atoms with van der Waals surface area (Å²) < 4.78 is 5.50. The van der Waals surface area contributed by atoms with Gasteiger partial charge < -0.3 is 9.64 Å². The molecule has 27 heavy (non-hydrogen) atoms. The Balaban J connectivity index is 3.67. The Kier molecular flexibility index (Phi) is 17.2. The minimum Gasteiger partial charge on any atom is -0.459 e. The second-order valence-electron chi connectivity index (χ2n) is 7.77. The Labute approximate surface area is 167 Å². The second-order valence-corrected chi connectivity index (χ2v) is 7.77. The molecular weight excluding hydrogens is 338 g/mol. The van der Waals surface area contributed by atoms with E-state index in [1.165, 1.54) is 57.4 Å². The van der Waals surface area contributed by atoms with E-state index in [4.69, 9.17) is 4.74 Å².